The predicted octanol–water partition coefficient (Wildman–Crippen LogP) is 0.477. The van der Waals surface area contributed by atoms with Crippen molar-refractivity contribution in [2.24, 2.45) is 5.92 Å². The fourth-order valence-electron chi connectivity index (χ4n) is 1.70. The SMILES string of the molecule is CC(C)CCC(C)NC(=O)Cn1ccc(=O)[nH]c1=O. The van der Waals surface area contributed by atoms with Gasteiger partial charge in [0, 0.05) is 18.3 Å². The first-order chi connectivity index (χ1) is 8.88. The van der Waals surface area contributed by atoms with Crippen molar-refractivity contribution < 1.29 is 4.79 Å². The van der Waals surface area contributed by atoms with Crippen LogP contribution >= 0.6 is 0 Å². The summed E-state index contributed by atoms with van der Waals surface area (Å²) < 4.78 is 1.17. The van der Waals surface area contributed by atoms with E-state index < -0.39 is 11.2 Å². The van der Waals surface area contributed by atoms with Crippen LogP contribution in [0.3, 0.4) is 0 Å². The zero-order valence-electron chi connectivity index (χ0n) is 11.6. The summed E-state index contributed by atoms with van der Waals surface area (Å²) in [4.78, 5) is 36.1. The highest BCUT2D eigenvalue weighted by Crippen LogP contribution is 2.06. The molecule has 1 aromatic rings. The molecule has 106 valence electrons. The van der Waals surface area contributed by atoms with Crippen LogP contribution in [0.4, 0.5) is 0 Å². The van der Waals surface area contributed by atoms with E-state index in [-0.39, 0.29) is 18.5 Å². The number of aromatic amines is 1. The fraction of sp³-hybridized carbons (Fsp3) is 0.615. The normalized spacial score (nSPS) is 12.4. The third-order valence-electron chi connectivity index (χ3n) is 2.80. The monoisotopic (exact) mass is 267 g/mol. The molecule has 1 rings (SSSR count). The number of nitrogens with zero attached hydrogens (tertiary/aromatic N) is 1. The molecule has 19 heavy (non-hydrogen) atoms. The van der Waals surface area contributed by atoms with Crippen LogP contribution in [-0.2, 0) is 11.3 Å². The van der Waals surface area contributed by atoms with Gasteiger partial charge in [0.05, 0.1) is 0 Å². The van der Waals surface area contributed by atoms with Crippen molar-refractivity contribution in [3.05, 3.63) is 33.1 Å². The number of amides is 1. The van der Waals surface area contributed by atoms with Crippen LogP contribution in [0.1, 0.15) is 33.6 Å². The lowest BCUT2D eigenvalue weighted by Gasteiger charge is -2.15. The first-order valence-electron chi connectivity index (χ1n) is 6.47. The Morgan fingerprint density at radius 2 is 2.00 bits per heavy atom. The quantitative estimate of drug-likeness (QED) is 0.786. The van der Waals surface area contributed by atoms with Gasteiger partial charge in [-0.05, 0) is 25.7 Å². The van der Waals surface area contributed by atoms with E-state index in [1.807, 2.05) is 6.92 Å². The molecule has 0 fully saturated rings. The molecule has 6 heteroatoms. The van der Waals surface area contributed by atoms with Gasteiger partial charge in [0.15, 0.2) is 0 Å². The maximum atomic E-state index is 11.7. The molecule has 0 saturated heterocycles. The van der Waals surface area contributed by atoms with Gasteiger partial charge in [0.25, 0.3) is 5.56 Å². The predicted molar refractivity (Wildman–Crippen MR) is 73.0 cm³/mol. The molecule has 0 aliphatic rings. The molecule has 0 radical (unpaired) electrons. The average Bonchev–Trinajstić information content (AvgIpc) is 2.30. The van der Waals surface area contributed by atoms with Crippen molar-refractivity contribution in [2.75, 3.05) is 0 Å². The first kappa shape index (κ1) is 15.2. The molecule has 0 bridgehead atoms. The van der Waals surface area contributed by atoms with Gasteiger partial charge in [-0.15, -0.1) is 0 Å². The van der Waals surface area contributed by atoms with E-state index in [1.165, 1.54) is 16.8 Å². The molecule has 0 aromatic carbocycles. The minimum absolute atomic E-state index is 0.0772. The Balaban J connectivity index is 2.51. The third-order valence-corrected chi connectivity index (χ3v) is 2.80. The number of aromatic nitrogens is 2. The summed E-state index contributed by atoms with van der Waals surface area (Å²) in [6, 6.07) is 1.30. The van der Waals surface area contributed by atoms with Gasteiger partial charge in [-0.3, -0.25) is 19.1 Å². The lowest BCUT2D eigenvalue weighted by atomic mass is 10.0. The van der Waals surface area contributed by atoms with Crippen molar-refractivity contribution in [1.82, 2.24) is 14.9 Å². The van der Waals surface area contributed by atoms with E-state index in [9.17, 15) is 14.4 Å². The summed E-state index contributed by atoms with van der Waals surface area (Å²) in [5, 5.41) is 2.83. The minimum atomic E-state index is -0.572. The minimum Gasteiger partial charge on any atom is -0.352 e. The summed E-state index contributed by atoms with van der Waals surface area (Å²) in [5.41, 5.74) is -1.04. The second kappa shape index (κ2) is 6.92. The van der Waals surface area contributed by atoms with E-state index >= 15 is 0 Å². The number of nitrogens with one attached hydrogen (secondary N) is 2. The van der Waals surface area contributed by atoms with Crippen LogP contribution in [0, 0.1) is 5.92 Å². The van der Waals surface area contributed by atoms with E-state index in [1.54, 1.807) is 0 Å². The van der Waals surface area contributed by atoms with Gasteiger partial charge in [0.2, 0.25) is 5.91 Å². The smallest absolute Gasteiger partial charge is 0.328 e. The Hall–Kier alpha value is -1.85. The van der Waals surface area contributed by atoms with Crippen molar-refractivity contribution in [2.45, 2.75) is 46.2 Å². The number of carbonyl (C=O) groups excluding carboxylic acids is 1. The summed E-state index contributed by atoms with van der Waals surface area (Å²) in [7, 11) is 0. The lowest BCUT2D eigenvalue weighted by molar-refractivity contribution is -0.122. The van der Waals surface area contributed by atoms with E-state index in [0.717, 1.165) is 12.8 Å². The van der Waals surface area contributed by atoms with Crippen LogP contribution in [0.5, 0.6) is 0 Å². The molecular formula is C13H21N3O3. The molecular weight excluding hydrogens is 246 g/mol. The second-order valence-electron chi connectivity index (χ2n) is 5.18. The van der Waals surface area contributed by atoms with Crippen molar-refractivity contribution >= 4 is 5.91 Å². The average molecular weight is 267 g/mol. The van der Waals surface area contributed by atoms with Crippen LogP contribution in [0.2, 0.25) is 0 Å². The Labute approximate surface area is 111 Å². The van der Waals surface area contributed by atoms with Crippen LogP contribution in [-0.4, -0.2) is 21.5 Å². The Morgan fingerprint density at radius 1 is 1.32 bits per heavy atom. The van der Waals surface area contributed by atoms with Crippen molar-refractivity contribution in [3.63, 3.8) is 0 Å². The molecule has 0 spiro atoms. The van der Waals surface area contributed by atoms with E-state index in [0.29, 0.717) is 5.92 Å². The van der Waals surface area contributed by atoms with Gasteiger partial charge < -0.3 is 5.32 Å². The summed E-state index contributed by atoms with van der Waals surface area (Å²) in [6.07, 6.45) is 3.27. The molecule has 6 nitrogen and oxygen atoms in total. The van der Waals surface area contributed by atoms with Gasteiger partial charge in [-0.1, -0.05) is 13.8 Å². The summed E-state index contributed by atoms with van der Waals surface area (Å²) >= 11 is 0. The maximum Gasteiger partial charge on any atom is 0.328 e. The second-order valence-corrected chi connectivity index (χ2v) is 5.18. The highest BCUT2D eigenvalue weighted by molar-refractivity contribution is 5.75. The Morgan fingerprint density at radius 3 is 2.58 bits per heavy atom. The molecule has 0 aliphatic carbocycles. The lowest BCUT2D eigenvalue weighted by Crippen LogP contribution is -2.39. The molecule has 1 atom stereocenters. The molecule has 1 amide bonds. The molecule has 0 aliphatic heterocycles. The fourth-order valence-corrected chi connectivity index (χ4v) is 1.70. The van der Waals surface area contributed by atoms with Gasteiger partial charge in [-0.25, -0.2) is 4.79 Å². The Bertz CT molecular complexity index is 530. The highest BCUT2D eigenvalue weighted by Gasteiger charge is 2.09. The van der Waals surface area contributed by atoms with Gasteiger partial charge in [-0.2, -0.15) is 0 Å². The highest BCUT2D eigenvalue weighted by atomic mass is 16.2. The molecule has 1 heterocycles. The number of rotatable bonds is 6. The van der Waals surface area contributed by atoms with Crippen LogP contribution < -0.4 is 16.6 Å². The van der Waals surface area contributed by atoms with E-state index in [2.05, 4.69) is 24.1 Å². The largest absolute Gasteiger partial charge is 0.352 e. The number of hydrogen-bond donors (Lipinski definition) is 2. The summed E-state index contributed by atoms with van der Waals surface area (Å²) in [6.45, 7) is 6.13. The molecule has 0 saturated carbocycles. The zero-order valence-corrected chi connectivity index (χ0v) is 11.6. The third kappa shape index (κ3) is 5.54. The van der Waals surface area contributed by atoms with Gasteiger partial charge in [0.1, 0.15) is 6.54 Å². The van der Waals surface area contributed by atoms with Crippen molar-refractivity contribution in [3.8, 4) is 0 Å². The number of carbonyl (C=O) groups is 1. The van der Waals surface area contributed by atoms with Gasteiger partial charge >= 0.3 is 5.69 Å². The molecule has 1 unspecified atom stereocenters. The summed E-state index contributed by atoms with van der Waals surface area (Å²) in [5.74, 6) is 0.367. The molecule has 1 aromatic heterocycles. The van der Waals surface area contributed by atoms with Crippen molar-refractivity contribution in [1.29, 1.82) is 0 Å². The zero-order chi connectivity index (χ0) is 14.4. The number of H-pyrrole nitrogens is 1. The van der Waals surface area contributed by atoms with E-state index in [4.69, 9.17) is 0 Å². The standard InChI is InChI=1S/C13H21N3O3/c1-9(2)4-5-10(3)14-12(18)8-16-7-6-11(17)15-13(16)19/h6-7,9-10H,4-5,8H2,1-3H3,(H,14,18)(H,15,17,19). The number of hydrogen-bond acceptors (Lipinski definition) is 3. The topological polar surface area (TPSA) is 84.0 Å². The molecule has 2 N–H and O–H groups in total. The first-order valence-corrected chi connectivity index (χ1v) is 6.47. The van der Waals surface area contributed by atoms with Crippen LogP contribution in [0.15, 0.2) is 21.9 Å². The van der Waals surface area contributed by atoms with Crippen LogP contribution in [0.25, 0.3) is 0 Å². The maximum absolute atomic E-state index is 11.7. The Kier molecular flexibility index (Phi) is 5.54.